The van der Waals surface area contributed by atoms with Gasteiger partial charge in [0.1, 0.15) is 30.0 Å². The predicted molar refractivity (Wildman–Crippen MR) is 130 cm³/mol. The molecule has 35 heavy (non-hydrogen) atoms. The summed E-state index contributed by atoms with van der Waals surface area (Å²) in [7, 11) is 0. The molecule has 0 saturated heterocycles. The van der Waals surface area contributed by atoms with E-state index < -0.39 is 11.0 Å². The highest BCUT2D eigenvalue weighted by atomic mass is 16.6. The number of hydrogen-bond donors (Lipinski definition) is 3. The second-order valence-electron chi connectivity index (χ2n) is 7.28. The quantitative estimate of drug-likeness (QED) is 0.194. The van der Waals surface area contributed by atoms with Gasteiger partial charge in [0.2, 0.25) is 5.88 Å². The van der Waals surface area contributed by atoms with Crippen LogP contribution in [0.1, 0.15) is 5.56 Å². The first-order chi connectivity index (χ1) is 17.0. The number of benzene rings is 3. The number of nitrogens with one attached hydrogen (secondary N) is 2. The van der Waals surface area contributed by atoms with E-state index in [4.69, 9.17) is 14.6 Å². The number of aromatic nitrogens is 1. The summed E-state index contributed by atoms with van der Waals surface area (Å²) in [5.41, 5.74) is 1.90. The molecule has 3 N–H and O–H groups in total. The molecule has 1 aromatic heterocycles. The van der Waals surface area contributed by atoms with Crippen molar-refractivity contribution in [1.29, 1.82) is 0 Å². The van der Waals surface area contributed by atoms with Crippen molar-refractivity contribution >= 4 is 28.8 Å². The highest BCUT2D eigenvalue weighted by Gasteiger charge is 2.17. The van der Waals surface area contributed by atoms with Crippen LogP contribution in [0.3, 0.4) is 0 Å². The molecule has 1 amide bonds. The molecule has 0 aliphatic carbocycles. The summed E-state index contributed by atoms with van der Waals surface area (Å²) in [5.74, 6) is 1.05. The van der Waals surface area contributed by atoms with Gasteiger partial charge in [-0.2, -0.15) is 0 Å². The Bertz CT molecular complexity index is 1330. The van der Waals surface area contributed by atoms with E-state index in [0.717, 1.165) is 11.8 Å². The largest absolute Gasteiger partial charge is 0.489 e. The highest BCUT2D eigenvalue weighted by Crippen LogP contribution is 2.32. The Kier molecular flexibility index (Phi) is 7.02. The van der Waals surface area contributed by atoms with Crippen molar-refractivity contribution in [3.05, 3.63) is 107 Å². The second-order valence-corrected chi connectivity index (χ2v) is 7.28. The number of carbonyl (C=O) groups is 1. The van der Waals surface area contributed by atoms with Gasteiger partial charge in [-0.05, 0) is 42.0 Å². The molecule has 0 radical (unpaired) electrons. The average Bonchev–Trinajstić information content (AvgIpc) is 2.84. The van der Waals surface area contributed by atoms with Crippen LogP contribution in [0.4, 0.5) is 27.5 Å². The Hall–Kier alpha value is -5.12. The van der Waals surface area contributed by atoms with Crippen LogP contribution in [0.25, 0.3) is 0 Å². The van der Waals surface area contributed by atoms with Crippen LogP contribution in [0.2, 0.25) is 0 Å². The number of pyridine rings is 1. The molecule has 3 aromatic carbocycles. The van der Waals surface area contributed by atoms with E-state index in [1.165, 1.54) is 12.1 Å². The van der Waals surface area contributed by atoms with Crippen molar-refractivity contribution in [3.8, 4) is 17.4 Å². The van der Waals surface area contributed by atoms with Crippen LogP contribution in [0.5, 0.6) is 17.4 Å². The van der Waals surface area contributed by atoms with E-state index in [-0.39, 0.29) is 17.3 Å². The van der Waals surface area contributed by atoms with Crippen LogP contribution in [-0.4, -0.2) is 21.1 Å². The lowest BCUT2D eigenvalue weighted by Gasteiger charge is -2.11. The monoisotopic (exact) mass is 472 g/mol. The first kappa shape index (κ1) is 23.1. The molecule has 4 rings (SSSR count). The number of anilines is 3. The molecular formula is C25H20N4O6. The maximum atomic E-state index is 11.5. The molecule has 0 fully saturated rings. The lowest BCUT2D eigenvalue weighted by molar-refractivity contribution is -0.384. The van der Waals surface area contributed by atoms with Crippen LogP contribution in [-0.2, 0) is 6.61 Å². The minimum Gasteiger partial charge on any atom is -0.489 e. The van der Waals surface area contributed by atoms with Gasteiger partial charge in [0, 0.05) is 23.5 Å². The summed E-state index contributed by atoms with van der Waals surface area (Å²) in [6.45, 7) is 0.424. The fourth-order valence-electron chi connectivity index (χ4n) is 3.14. The second kappa shape index (κ2) is 10.7. The van der Waals surface area contributed by atoms with E-state index in [0.29, 0.717) is 29.5 Å². The van der Waals surface area contributed by atoms with Gasteiger partial charge in [0.15, 0.2) is 0 Å². The van der Waals surface area contributed by atoms with Gasteiger partial charge < -0.3 is 19.9 Å². The zero-order valence-electron chi connectivity index (χ0n) is 18.3. The van der Waals surface area contributed by atoms with Crippen molar-refractivity contribution in [3.63, 3.8) is 0 Å². The van der Waals surface area contributed by atoms with E-state index >= 15 is 0 Å². The number of ether oxygens (including phenoxy) is 2. The van der Waals surface area contributed by atoms with E-state index in [1.54, 1.807) is 42.5 Å². The summed E-state index contributed by atoms with van der Waals surface area (Å²) in [6.07, 6.45) is -0.118. The zero-order chi connectivity index (χ0) is 24.6. The summed E-state index contributed by atoms with van der Waals surface area (Å²) < 4.78 is 11.5. The topological polar surface area (TPSA) is 136 Å². The standard InChI is InChI=1S/C25H20N4O6/c30-25(31)28-19-7-4-8-21(13-19)35-24-14-22(23(15-26-24)29(32)33)27-18-9-11-20(12-10-18)34-16-17-5-2-1-3-6-17/h1-15,28H,16H2,(H,26,27)(H,30,31). The summed E-state index contributed by atoms with van der Waals surface area (Å²) in [5, 5.41) is 25.6. The minimum absolute atomic E-state index is 0.0911. The Morgan fingerprint density at radius 2 is 1.71 bits per heavy atom. The number of rotatable bonds is 9. The molecular weight excluding hydrogens is 452 g/mol. The Morgan fingerprint density at radius 1 is 0.943 bits per heavy atom. The fraction of sp³-hybridized carbons (Fsp3) is 0.0400. The average molecular weight is 472 g/mol. The van der Waals surface area contributed by atoms with Gasteiger partial charge in [-0.15, -0.1) is 0 Å². The molecule has 1 heterocycles. The molecule has 0 saturated carbocycles. The van der Waals surface area contributed by atoms with Gasteiger partial charge in [0.05, 0.1) is 4.92 Å². The fourth-order valence-corrected chi connectivity index (χ4v) is 3.14. The predicted octanol–water partition coefficient (Wildman–Crippen LogP) is 6.19. The maximum absolute atomic E-state index is 11.5. The number of nitrogens with zero attached hydrogens (tertiary/aromatic N) is 2. The van der Waals surface area contributed by atoms with Crippen molar-refractivity contribution in [2.75, 3.05) is 10.6 Å². The molecule has 176 valence electrons. The number of hydrogen-bond acceptors (Lipinski definition) is 7. The molecule has 0 unspecified atom stereocenters. The van der Waals surface area contributed by atoms with Gasteiger partial charge >= 0.3 is 11.8 Å². The number of carboxylic acid groups (broad SMARTS) is 1. The highest BCUT2D eigenvalue weighted by molar-refractivity contribution is 5.83. The number of nitro groups is 1. The minimum atomic E-state index is -1.21. The Balaban J connectivity index is 1.48. The van der Waals surface area contributed by atoms with Crippen LogP contribution >= 0.6 is 0 Å². The van der Waals surface area contributed by atoms with Crippen molar-refractivity contribution in [1.82, 2.24) is 4.98 Å². The third-order valence-electron chi connectivity index (χ3n) is 4.74. The molecule has 10 nitrogen and oxygen atoms in total. The number of amides is 1. The van der Waals surface area contributed by atoms with Crippen molar-refractivity contribution in [2.45, 2.75) is 6.61 Å². The van der Waals surface area contributed by atoms with Crippen LogP contribution < -0.4 is 20.1 Å². The molecule has 4 aromatic rings. The van der Waals surface area contributed by atoms with Crippen molar-refractivity contribution < 1.29 is 24.3 Å². The third kappa shape index (κ3) is 6.45. The van der Waals surface area contributed by atoms with Crippen LogP contribution in [0.15, 0.2) is 91.1 Å². The zero-order valence-corrected chi connectivity index (χ0v) is 18.3. The summed E-state index contributed by atoms with van der Waals surface area (Å²) in [4.78, 5) is 25.8. The SMILES string of the molecule is O=C(O)Nc1cccc(Oc2cc(Nc3ccc(OCc4ccccc4)cc3)c([N+](=O)[O-])cn2)c1. The smallest absolute Gasteiger partial charge is 0.409 e. The van der Waals surface area contributed by atoms with Crippen LogP contribution in [0, 0.1) is 10.1 Å². The van der Waals surface area contributed by atoms with Gasteiger partial charge in [-0.3, -0.25) is 15.4 Å². The Labute approximate surface area is 199 Å². The molecule has 0 atom stereocenters. The van der Waals surface area contributed by atoms with Gasteiger partial charge in [0.25, 0.3) is 0 Å². The third-order valence-corrected chi connectivity index (χ3v) is 4.74. The van der Waals surface area contributed by atoms with E-state index in [2.05, 4.69) is 15.6 Å². The molecule has 10 heteroatoms. The van der Waals surface area contributed by atoms with Gasteiger partial charge in [-0.25, -0.2) is 9.78 Å². The molecule has 0 aliphatic rings. The first-order valence-corrected chi connectivity index (χ1v) is 10.4. The van der Waals surface area contributed by atoms with E-state index in [9.17, 15) is 14.9 Å². The Morgan fingerprint density at radius 3 is 2.43 bits per heavy atom. The molecule has 0 spiro atoms. The molecule has 0 aliphatic heterocycles. The summed E-state index contributed by atoms with van der Waals surface area (Å²) >= 11 is 0. The van der Waals surface area contributed by atoms with Gasteiger partial charge in [-0.1, -0.05) is 36.4 Å². The lowest BCUT2D eigenvalue weighted by atomic mass is 10.2. The normalized spacial score (nSPS) is 10.3. The van der Waals surface area contributed by atoms with Crippen molar-refractivity contribution in [2.24, 2.45) is 0 Å². The van der Waals surface area contributed by atoms with E-state index in [1.807, 2.05) is 30.3 Å². The lowest BCUT2D eigenvalue weighted by Crippen LogP contribution is -2.06. The maximum Gasteiger partial charge on any atom is 0.409 e. The summed E-state index contributed by atoms with van der Waals surface area (Å²) in [6, 6.07) is 24.4. The first-order valence-electron chi connectivity index (χ1n) is 10.4. The molecule has 0 bridgehead atoms.